The zero-order valence-electron chi connectivity index (χ0n) is 17.0. The molecule has 28 heavy (non-hydrogen) atoms. The molecule has 5 nitrogen and oxygen atoms in total. The van der Waals surface area contributed by atoms with Crippen molar-refractivity contribution in [2.24, 2.45) is 5.73 Å². The number of benzene rings is 1. The number of aromatic nitrogens is 1. The average molecular weight is 392 g/mol. The van der Waals surface area contributed by atoms with Crippen LogP contribution >= 0.6 is 0 Å². The number of nitrogens with zero attached hydrogens (tertiary/aromatic N) is 2. The van der Waals surface area contributed by atoms with Gasteiger partial charge in [-0.15, -0.1) is 12.1 Å². The van der Waals surface area contributed by atoms with Crippen molar-refractivity contribution in [1.82, 2.24) is 4.98 Å². The summed E-state index contributed by atoms with van der Waals surface area (Å²) in [5, 5.41) is 4.53. The highest BCUT2D eigenvalue weighted by Crippen LogP contribution is 2.23. The molecule has 1 amide bonds. The highest BCUT2D eigenvalue weighted by Gasteiger charge is 2.05. The van der Waals surface area contributed by atoms with Crippen molar-refractivity contribution in [3.05, 3.63) is 64.2 Å². The van der Waals surface area contributed by atoms with Crippen molar-refractivity contribution >= 4 is 5.91 Å². The van der Waals surface area contributed by atoms with Gasteiger partial charge in [0.25, 0.3) is 6.43 Å². The lowest BCUT2D eigenvalue weighted by molar-refractivity contribution is 0.0818. The molecule has 0 aliphatic rings. The quantitative estimate of drug-likeness (QED) is 0.767. The Bertz CT molecular complexity index is 774. The third-order valence-electron chi connectivity index (χ3n) is 3.59. The van der Waals surface area contributed by atoms with Crippen LogP contribution in [0.4, 0.5) is 8.78 Å². The second kappa shape index (κ2) is 10.7. The minimum Gasteiger partial charge on any atom is -0.654 e. The summed E-state index contributed by atoms with van der Waals surface area (Å²) in [5.41, 5.74) is 8.35. The van der Waals surface area contributed by atoms with E-state index < -0.39 is 18.9 Å². The van der Waals surface area contributed by atoms with Crippen LogP contribution in [-0.4, -0.2) is 29.5 Å². The molecular formula is C21H28F2N3O2-. The maximum atomic E-state index is 12.0. The second-order valence-electron chi connectivity index (χ2n) is 7.33. The molecule has 0 aliphatic carbocycles. The number of primary amides is 1. The van der Waals surface area contributed by atoms with Crippen LogP contribution in [0, 0.1) is 13.8 Å². The van der Waals surface area contributed by atoms with Crippen molar-refractivity contribution in [3.63, 3.8) is 0 Å². The number of aryl methyl sites for hydroxylation is 2. The first kappa shape index (κ1) is 23.5. The molecule has 0 atom stereocenters. The molecule has 0 bridgehead atoms. The smallest absolute Gasteiger partial charge is 0.272 e. The maximum absolute atomic E-state index is 12.0. The number of hydrogen-bond acceptors (Lipinski definition) is 3. The van der Waals surface area contributed by atoms with E-state index in [1.807, 2.05) is 40.7 Å². The van der Waals surface area contributed by atoms with Crippen molar-refractivity contribution in [2.45, 2.75) is 53.1 Å². The Labute approximate surface area is 165 Å². The first-order valence-electron chi connectivity index (χ1n) is 8.89. The molecule has 0 saturated heterocycles. The van der Waals surface area contributed by atoms with Crippen molar-refractivity contribution in [2.75, 3.05) is 6.61 Å². The molecule has 1 aromatic heterocycles. The summed E-state index contributed by atoms with van der Waals surface area (Å²) in [5.74, 6) is 0.0674. The number of alkyl halides is 2. The van der Waals surface area contributed by atoms with Gasteiger partial charge in [0.15, 0.2) is 0 Å². The Hall–Kier alpha value is -2.54. The van der Waals surface area contributed by atoms with E-state index in [9.17, 15) is 13.6 Å². The number of pyridine rings is 1. The Balaban J connectivity index is 0.000000330. The van der Waals surface area contributed by atoms with Crippen LogP contribution in [-0.2, 0) is 6.54 Å². The Morgan fingerprint density at radius 3 is 2.36 bits per heavy atom. The van der Waals surface area contributed by atoms with E-state index >= 15 is 0 Å². The number of carbonyl (C=O) groups is 1. The molecular weight excluding hydrogens is 364 g/mol. The number of ether oxygens (including phenoxy) is 1. The number of hydrogen-bond donors (Lipinski definition) is 1. The van der Waals surface area contributed by atoms with Crippen LogP contribution in [0.5, 0.6) is 5.75 Å². The zero-order chi connectivity index (χ0) is 21.3. The minimum atomic E-state index is -2.44. The highest BCUT2D eigenvalue weighted by atomic mass is 19.3. The predicted octanol–water partition coefficient (Wildman–Crippen LogP) is 4.80. The van der Waals surface area contributed by atoms with Gasteiger partial charge in [-0.3, -0.25) is 9.78 Å². The van der Waals surface area contributed by atoms with E-state index in [4.69, 9.17) is 10.5 Å². The molecule has 0 radical (unpaired) electrons. The van der Waals surface area contributed by atoms with Gasteiger partial charge in [-0.05, 0) is 43.7 Å². The van der Waals surface area contributed by atoms with Crippen LogP contribution < -0.4 is 10.5 Å². The standard InChI is InChI=1S/C14H20F2NO.C7H8N2O/c1-10-7-12(18-9-13(15)16)6-5-11(10)8-17-14(2,3)4;1-5-4-6(7(8)10)2-3-9-5/h5-7,13H,8-9H2,1-4H3;2-4H,1H3,(H2,8,10)/q-1;. The molecule has 1 aromatic carbocycles. The fraction of sp³-hybridized carbons (Fsp3) is 0.429. The van der Waals surface area contributed by atoms with E-state index in [0.717, 1.165) is 16.8 Å². The molecule has 0 spiro atoms. The van der Waals surface area contributed by atoms with Crippen LogP contribution in [0.2, 0.25) is 0 Å². The minimum absolute atomic E-state index is 0.0721. The molecule has 154 valence electrons. The number of amides is 1. The summed E-state index contributed by atoms with van der Waals surface area (Å²) >= 11 is 0. The van der Waals surface area contributed by atoms with Crippen LogP contribution in [0.3, 0.4) is 0 Å². The van der Waals surface area contributed by atoms with E-state index in [1.54, 1.807) is 30.5 Å². The lowest BCUT2D eigenvalue weighted by Crippen LogP contribution is -2.12. The number of nitrogens with two attached hydrogens (primary N) is 1. The van der Waals surface area contributed by atoms with Gasteiger partial charge in [-0.1, -0.05) is 32.4 Å². The summed E-state index contributed by atoms with van der Waals surface area (Å²) in [6.07, 6.45) is -0.879. The van der Waals surface area contributed by atoms with Crippen LogP contribution in [0.1, 0.15) is 48.0 Å². The third-order valence-corrected chi connectivity index (χ3v) is 3.59. The maximum Gasteiger partial charge on any atom is 0.272 e. The van der Waals surface area contributed by atoms with Gasteiger partial charge < -0.3 is 15.8 Å². The van der Waals surface area contributed by atoms with Crippen molar-refractivity contribution in [1.29, 1.82) is 0 Å². The summed E-state index contributed by atoms with van der Waals surface area (Å²) in [6.45, 7) is 9.94. The Morgan fingerprint density at radius 2 is 1.89 bits per heavy atom. The fourth-order valence-electron chi connectivity index (χ4n) is 2.12. The van der Waals surface area contributed by atoms with Gasteiger partial charge in [0.1, 0.15) is 12.4 Å². The monoisotopic (exact) mass is 392 g/mol. The molecule has 1 heterocycles. The second-order valence-corrected chi connectivity index (χ2v) is 7.33. The number of carbonyl (C=O) groups excluding carboxylic acids is 1. The van der Waals surface area contributed by atoms with Gasteiger partial charge in [0, 0.05) is 17.5 Å². The highest BCUT2D eigenvalue weighted by molar-refractivity contribution is 5.92. The zero-order valence-corrected chi connectivity index (χ0v) is 17.0. The van der Waals surface area contributed by atoms with Gasteiger partial charge in [-0.25, -0.2) is 8.78 Å². The van der Waals surface area contributed by atoms with Gasteiger partial charge in [-0.2, -0.15) is 0 Å². The lowest BCUT2D eigenvalue weighted by Gasteiger charge is -2.37. The molecule has 2 rings (SSSR count). The van der Waals surface area contributed by atoms with Crippen LogP contribution in [0.25, 0.3) is 5.32 Å². The predicted molar refractivity (Wildman–Crippen MR) is 107 cm³/mol. The molecule has 0 fully saturated rings. The lowest BCUT2D eigenvalue weighted by atomic mass is 10.1. The normalized spacial score (nSPS) is 11.0. The van der Waals surface area contributed by atoms with E-state index in [0.29, 0.717) is 17.9 Å². The molecule has 0 unspecified atom stereocenters. The van der Waals surface area contributed by atoms with Gasteiger partial charge in [0.2, 0.25) is 5.91 Å². The first-order valence-corrected chi connectivity index (χ1v) is 8.89. The molecule has 0 saturated carbocycles. The molecule has 7 heteroatoms. The Kier molecular flexibility index (Phi) is 8.99. The van der Waals surface area contributed by atoms with E-state index in [2.05, 4.69) is 10.3 Å². The summed E-state index contributed by atoms with van der Waals surface area (Å²) in [6, 6.07) is 8.61. The van der Waals surface area contributed by atoms with E-state index in [1.165, 1.54) is 0 Å². The van der Waals surface area contributed by atoms with Crippen molar-refractivity contribution in [3.8, 4) is 5.75 Å². The molecule has 0 aliphatic heterocycles. The van der Waals surface area contributed by atoms with Crippen LogP contribution in [0.15, 0.2) is 36.5 Å². The summed E-state index contributed by atoms with van der Waals surface area (Å²) in [4.78, 5) is 14.5. The van der Waals surface area contributed by atoms with Gasteiger partial charge >= 0.3 is 0 Å². The first-order chi connectivity index (χ1) is 13.0. The number of rotatable bonds is 6. The third kappa shape index (κ3) is 9.41. The topological polar surface area (TPSA) is 79.3 Å². The fourth-order valence-corrected chi connectivity index (χ4v) is 2.12. The summed E-state index contributed by atoms with van der Waals surface area (Å²) in [7, 11) is 0. The Morgan fingerprint density at radius 1 is 1.21 bits per heavy atom. The van der Waals surface area contributed by atoms with E-state index in [-0.39, 0.29) is 5.54 Å². The molecule has 2 aromatic rings. The largest absolute Gasteiger partial charge is 0.654 e. The van der Waals surface area contributed by atoms with Gasteiger partial charge in [0.05, 0.1) is 0 Å². The number of halogens is 2. The SMILES string of the molecule is Cc1cc(C(N)=O)ccn1.Cc1cc(OCC(F)F)ccc1C[N-]C(C)(C)C. The molecule has 2 N–H and O–H groups in total. The average Bonchev–Trinajstić information content (AvgIpc) is 2.59. The van der Waals surface area contributed by atoms with Crippen molar-refractivity contribution < 1.29 is 18.3 Å². The summed E-state index contributed by atoms with van der Waals surface area (Å²) < 4.78 is 29.0.